The second kappa shape index (κ2) is 8.47. The molecule has 0 atom stereocenters. The molecule has 0 unspecified atom stereocenters. The van der Waals surface area contributed by atoms with Crippen molar-refractivity contribution in [1.82, 2.24) is 19.6 Å². The Balaban J connectivity index is 0.00000289. The highest BCUT2D eigenvalue weighted by molar-refractivity contribution is 7.89. The van der Waals surface area contributed by atoms with Crippen LogP contribution in [-0.4, -0.2) is 37.6 Å². The van der Waals surface area contributed by atoms with E-state index in [0.717, 1.165) is 13.0 Å². The second-order valence-corrected chi connectivity index (χ2v) is 5.40. The molecule has 1 aromatic rings. The zero-order chi connectivity index (χ0) is 12.7. The summed E-state index contributed by atoms with van der Waals surface area (Å²) in [5, 5.41) is 3.20. The Hall–Kier alpha value is -0.630. The number of aryl methyl sites for hydroxylation is 1. The molecule has 106 valence electrons. The summed E-state index contributed by atoms with van der Waals surface area (Å²) >= 11 is 0. The maximum atomic E-state index is 11.8. The number of halogens is 1. The van der Waals surface area contributed by atoms with Gasteiger partial charge < -0.3 is 9.88 Å². The van der Waals surface area contributed by atoms with Crippen molar-refractivity contribution in [3.05, 3.63) is 12.5 Å². The van der Waals surface area contributed by atoms with Crippen molar-refractivity contribution in [3.63, 3.8) is 0 Å². The fraction of sp³-hybridized carbons (Fsp3) is 0.700. The van der Waals surface area contributed by atoms with E-state index in [1.807, 2.05) is 6.92 Å². The van der Waals surface area contributed by atoms with Gasteiger partial charge >= 0.3 is 0 Å². The molecule has 8 heteroatoms. The molecular formula is C10H21ClN4O2S. The molecule has 0 spiro atoms. The highest BCUT2D eigenvalue weighted by atomic mass is 35.5. The summed E-state index contributed by atoms with van der Waals surface area (Å²) in [5.41, 5.74) is 0. The molecule has 0 fully saturated rings. The third-order valence-electron chi connectivity index (χ3n) is 2.27. The zero-order valence-electron chi connectivity index (χ0n) is 10.7. The van der Waals surface area contributed by atoms with Crippen LogP contribution in [0.5, 0.6) is 0 Å². The number of imidazole rings is 1. The van der Waals surface area contributed by atoms with Gasteiger partial charge in [0.15, 0.2) is 5.03 Å². The van der Waals surface area contributed by atoms with Gasteiger partial charge in [0.1, 0.15) is 0 Å². The van der Waals surface area contributed by atoms with Crippen LogP contribution >= 0.6 is 12.4 Å². The number of hydrogen-bond acceptors (Lipinski definition) is 4. The molecular weight excluding hydrogens is 276 g/mol. The average molecular weight is 297 g/mol. The highest BCUT2D eigenvalue weighted by Gasteiger charge is 2.15. The Bertz CT molecular complexity index is 433. The van der Waals surface area contributed by atoms with E-state index in [2.05, 4.69) is 21.9 Å². The lowest BCUT2D eigenvalue weighted by molar-refractivity contribution is 0.572. The Morgan fingerprint density at radius 1 is 1.28 bits per heavy atom. The van der Waals surface area contributed by atoms with Crippen LogP contribution in [0.3, 0.4) is 0 Å². The second-order valence-electron chi connectivity index (χ2n) is 3.69. The number of nitrogens with zero attached hydrogens (tertiary/aromatic N) is 2. The third-order valence-corrected chi connectivity index (χ3v) is 3.62. The first-order valence-electron chi connectivity index (χ1n) is 5.82. The average Bonchev–Trinajstić information content (AvgIpc) is 2.78. The van der Waals surface area contributed by atoms with Gasteiger partial charge in [-0.25, -0.2) is 18.1 Å². The fourth-order valence-electron chi connectivity index (χ4n) is 1.30. The van der Waals surface area contributed by atoms with E-state index in [4.69, 9.17) is 0 Å². The van der Waals surface area contributed by atoms with E-state index in [9.17, 15) is 8.42 Å². The van der Waals surface area contributed by atoms with Crippen molar-refractivity contribution >= 4 is 22.4 Å². The van der Waals surface area contributed by atoms with Crippen molar-refractivity contribution in [2.45, 2.75) is 31.8 Å². The van der Waals surface area contributed by atoms with Crippen molar-refractivity contribution in [3.8, 4) is 0 Å². The first-order valence-corrected chi connectivity index (χ1v) is 7.30. The maximum absolute atomic E-state index is 11.8. The lowest BCUT2D eigenvalue weighted by atomic mass is 10.5. The van der Waals surface area contributed by atoms with Crippen LogP contribution in [0.25, 0.3) is 0 Å². The van der Waals surface area contributed by atoms with Crippen molar-refractivity contribution in [1.29, 1.82) is 0 Å². The van der Waals surface area contributed by atoms with E-state index in [1.54, 1.807) is 4.57 Å². The maximum Gasteiger partial charge on any atom is 0.259 e. The first-order chi connectivity index (χ1) is 8.10. The molecule has 0 aromatic carbocycles. The van der Waals surface area contributed by atoms with Gasteiger partial charge in [0.05, 0.1) is 6.33 Å². The number of nitrogens with one attached hydrogen (secondary N) is 2. The third kappa shape index (κ3) is 5.34. The Labute approximate surface area is 115 Å². The van der Waals surface area contributed by atoms with Crippen molar-refractivity contribution < 1.29 is 8.42 Å². The molecule has 0 amide bonds. The largest absolute Gasteiger partial charge is 0.336 e. The Morgan fingerprint density at radius 3 is 2.56 bits per heavy atom. The Kier molecular flexibility index (Phi) is 8.17. The fourth-order valence-corrected chi connectivity index (χ4v) is 2.28. The predicted molar refractivity (Wildman–Crippen MR) is 73.5 cm³/mol. The van der Waals surface area contributed by atoms with Gasteiger partial charge in [0.2, 0.25) is 0 Å². The number of sulfonamides is 1. The zero-order valence-corrected chi connectivity index (χ0v) is 12.4. The molecule has 0 aliphatic heterocycles. The minimum atomic E-state index is -3.46. The highest BCUT2D eigenvalue weighted by Crippen LogP contribution is 2.04. The van der Waals surface area contributed by atoms with Gasteiger partial charge in [0.25, 0.3) is 10.0 Å². The number of aromatic nitrogens is 2. The van der Waals surface area contributed by atoms with Gasteiger partial charge in [-0.15, -0.1) is 12.4 Å². The van der Waals surface area contributed by atoms with E-state index in [1.165, 1.54) is 12.5 Å². The van der Waals surface area contributed by atoms with Crippen LogP contribution in [0, 0.1) is 0 Å². The van der Waals surface area contributed by atoms with Gasteiger partial charge in [-0.3, -0.25) is 0 Å². The van der Waals surface area contributed by atoms with Crippen molar-refractivity contribution in [2.75, 3.05) is 19.6 Å². The molecule has 0 saturated carbocycles. The van der Waals surface area contributed by atoms with E-state index in [-0.39, 0.29) is 17.4 Å². The minimum absolute atomic E-state index is 0. The molecule has 0 radical (unpaired) electrons. The molecule has 1 rings (SSSR count). The molecule has 6 nitrogen and oxygen atoms in total. The molecule has 0 saturated heterocycles. The molecule has 1 aromatic heterocycles. The summed E-state index contributed by atoms with van der Waals surface area (Å²) in [6.07, 6.45) is 4.08. The Morgan fingerprint density at radius 2 is 2.00 bits per heavy atom. The van der Waals surface area contributed by atoms with Crippen LogP contribution in [0.15, 0.2) is 17.6 Å². The summed E-state index contributed by atoms with van der Waals surface area (Å²) in [4.78, 5) is 3.87. The van der Waals surface area contributed by atoms with E-state index >= 15 is 0 Å². The summed E-state index contributed by atoms with van der Waals surface area (Å²) < 4.78 is 27.8. The smallest absolute Gasteiger partial charge is 0.259 e. The van der Waals surface area contributed by atoms with E-state index < -0.39 is 10.0 Å². The minimum Gasteiger partial charge on any atom is -0.336 e. The van der Waals surface area contributed by atoms with Gasteiger partial charge in [-0.05, 0) is 19.9 Å². The molecule has 18 heavy (non-hydrogen) atoms. The van der Waals surface area contributed by atoms with Gasteiger partial charge in [-0.2, -0.15) is 0 Å². The van der Waals surface area contributed by atoms with Gasteiger partial charge in [0, 0.05) is 25.8 Å². The van der Waals surface area contributed by atoms with Crippen LogP contribution in [0.4, 0.5) is 0 Å². The summed E-state index contributed by atoms with van der Waals surface area (Å²) in [5.74, 6) is 0. The molecule has 0 aliphatic carbocycles. The lowest BCUT2D eigenvalue weighted by Gasteiger charge is -2.05. The summed E-state index contributed by atoms with van der Waals surface area (Å²) in [6, 6.07) is 0. The predicted octanol–water partition coefficient (Wildman–Crippen LogP) is 0.603. The topological polar surface area (TPSA) is 76.0 Å². The summed E-state index contributed by atoms with van der Waals surface area (Å²) in [7, 11) is -3.46. The normalized spacial score (nSPS) is 11.2. The van der Waals surface area contributed by atoms with Crippen molar-refractivity contribution in [2.24, 2.45) is 0 Å². The first kappa shape index (κ1) is 17.4. The SMILES string of the molecule is CCCNCCNS(=O)(=O)c1cn(CC)cn1.Cl. The van der Waals surface area contributed by atoms with Gasteiger partial charge in [-0.1, -0.05) is 6.92 Å². The molecule has 0 bridgehead atoms. The monoisotopic (exact) mass is 296 g/mol. The quantitative estimate of drug-likeness (QED) is 0.689. The van der Waals surface area contributed by atoms with Crippen LogP contribution < -0.4 is 10.0 Å². The van der Waals surface area contributed by atoms with Crippen LogP contribution in [0.1, 0.15) is 20.3 Å². The standard InChI is InChI=1S/C10H20N4O2S.ClH/c1-3-5-11-6-7-13-17(15,16)10-8-14(4-2)9-12-10;/h8-9,11,13H,3-7H2,1-2H3;1H. The molecule has 0 aliphatic rings. The molecule has 2 N–H and O–H groups in total. The number of rotatable bonds is 8. The summed E-state index contributed by atoms with van der Waals surface area (Å²) in [6.45, 7) is 6.60. The lowest BCUT2D eigenvalue weighted by Crippen LogP contribution is -2.32. The number of hydrogen-bond donors (Lipinski definition) is 2. The molecule has 1 heterocycles. The van der Waals surface area contributed by atoms with E-state index in [0.29, 0.717) is 19.6 Å². The van der Waals surface area contributed by atoms with Crippen LogP contribution in [-0.2, 0) is 16.6 Å². The van der Waals surface area contributed by atoms with Crippen LogP contribution in [0.2, 0.25) is 0 Å².